The number of methoxy groups -OCH3 is 1. The van der Waals surface area contributed by atoms with Crippen LogP contribution < -0.4 is 4.74 Å². The quantitative estimate of drug-likeness (QED) is 0.526. The van der Waals surface area contributed by atoms with Gasteiger partial charge in [-0.2, -0.15) is 5.10 Å². The molecule has 1 atom stereocenters. The third kappa shape index (κ3) is 4.50. The standard InChI is InChI=1S/C24H29N3O4/c1-3-31-24(29)22-20-16-26(23(28)18-7-5-4-6-8-18)14-13-21(20)27(25-22)15-17-9-11-19(30-2)12-10-17/h4-5,9-12,18H,3,6-8,13-16H2,1-2H3. The third-order valence-corrected chi connectivity index (χ3v) is 6.02. The van der Waals surface area contributed by atoms with Gasteiger partial charge in [-0.15, -0.1) is 0 Å². The first-order valence-corrected chi connectivity index (χ1v) is 10.9. The number of rotatable bonds is 6. The third-order valence-electron chi connectivity index (χ3n) is 6.02. The molecule has 0 saturated carbocycles. The molecule has 0 N–H and O–H groups in total. The highest BCUT2D eigenvalue weighted by Crippen LogP contribution is 2.28. The second kappa shape index (κ2) is 9.37. The lowest BCUT2D eigenvalue weighted by Crippen LogP contribution is -2.40. The summed E-state index contributed by atoms with van der Waals surface area (Å²) in [4.78, 5) is 27.6. The van der Waals surface area contributed by atoms with E-state index < -0.39 is 5.97 Å². The topological polar surface area (TPSA) is 73.7 Å². The van der Waals surface area contributed by atoms with Crippen LogP contribution in [-0.2, 0) is 29.0 Å². The van der Waals surface area contributed by atoms with Crippen LogP contribution in [0.25, 0.3) is 0 Å². The zero-order valence-electron chi connectivity index (χ0n) is 18.2. The van der Waals surface area contributed by atoms with Crippen molar-refractivity contribution in [1.82, 2.24) is 14.7 Å². The molecule has 0 bridgehead atoms. The van der Waals surface area contributed by atoms with Crippen molar-refractivity contribution < 1.29 is 19.1 Å². The Balaban J connectivity index is 1.60. The van der Waals surface area contributed by atoms with Gasteiger partial charge in [-0.1, -0.05) is 24.3 Å². The Hall–Kier alpha value is -3.09. The Morgan fingerprint density at radius 3 is 2.68 bits per heavy atom. The number of carbonyl (C=O) groups is 2. The fourth-order valence-electron chi connectivity index (χ4n) is 4.35. The van der Waals surface area contributed by atoms with Gasteiger partial charge in [-0.05, 0) is 43.9 Å². The minimum atomic E-state index is -0.429. The van der Waals surface area contributed by atoms with Crippen molar-refractivity contribution in [1.29, 1.82) is 0 Å². The second-order valence-corrected chi connectivity index (χ2v) is 7.99. The van der Waals surface area contributed by atoms with Crippen molar-refractivity contribution in [3.05, 3.63) is 58.9 Å². The van der Waals surface area contributed by atoms with Crippen LogP contribution in [0.15, 0.2) is 36.4 Å². The SMILES string of the molecule is CCOC(=O)c1nn(Cc2ccc(OC)cc2)c2c1CN(C(=O)C1CC=CCC1)CC2. The molecule has 2 aliphatic rings. The number of ether oxygens (including phenoxy) is 2. The number of carbonyl (C=O) groups excluding carboxylic acids is 2. The molecule has 0 fully saturated rings. The lowest BCUT2D eigenvalue weighted by Gasteiger charge is -2.31. The Bertz CT molecular complexity index is 977. The van der Waals surface area contributed by atoms with Crippen LogP contribution in [0.3, 0.4) is 0 Å². The highest BCUT2D eigenvalue weighted by atomic mass is 16.5. The smallest absolute Gasteiger partial charge is 0.359 e. The Morgan fingerprint density at radius 2 is 2.00 bits per heavy atom. The molecule has 4 rings (SSSR count). The van der Waals surface area contributed by atoms with Gasteiger partial charge in [0.05, 0.1) is 20.3 Å². The van der Waals surface area contributed by atoms with E-state index in [1.165, 1.54) is 0 Å². The number of esters is 1. The first kappa shape index (κ1) is 21.2. The molecule has 1 aliphatic heterocycles. The predicted octanol–water partition coefficient (Wildman–Crippen LogP) is 3.36. The molecular formula is C24H29N3O4. The number of fused-ring (bicyclic) bond motifs is 1. The molecule has 1 aromatic carbocycles. The molecule has 164 valence electrons. The summed E-state index contributed by atoms with van der Waals surface area (Å²) in [5.74, 6) is 0.576. The van der Waals surface area contributed by atoms with Gasteiger partial charge in [0.2, 0.25) is 5.91 Å². The maximum absolute atomic E-state index is 13.1. The minimum Gasteiger partial charge on any atom is -0.497 e. The molecule has 31 heavy (non-hydrogen) atoms. The number of benzene rings is 1. The summed E-state index contributed by atoms with van der Waals surface area (Å²) >= 11 is 0. The van der Waals surface area contributed by atoms with Gasteiger partial charge in [-0.25, -0.2) is 4.79 Å². The summed E-state index contributed by atoms with van der Waals surface area (Å²) in [6.07, 6.45) is 7.54. The Kier molecular flexibility index (Phi) is 6.39. The van der Waals surface area contributed by atoms with Gasteiger partial charge >= 0.3 is 5.97 Å². The van der Waals surface area contributed by atoms with Crippen molar-refractivity contribution in [2.24, 2.45) is 5.92 Å². The maximum atomic E-state index is 13.1. The molecule has 0 spiro atoms. The van der Waals surface area contributed by atoms with Gasteiger partial charge < -0.3 is 14.4 Å². The monoisotopic (exact) mass is 423 g/mol. The number of hydrogen-bond donors (Lipinski definition) is 0. The van der Waals surface area contributed by atoms with Crippen molar-refractivity contribution in [3.8, 4) is 5.75 Å². The molecule has 2 aromatic rings. The minimum absolute atomic E-state index is 0.0342. The number of amides is 1. The van der Waals surface area contributed by atoms with Crippen molar-refractivity contribution >= 4 is 11.9 Å². The highest BCUT2D eigenvalue weighted by molar-refractivity contribution is 5.89. The summed E-state index contributed by atoms with van der Waals surface area (Å²) in [7, 11) is 1.64. The molecule has 0 saturated heterocycles. The number of aromatic nitrogens is 2. The molecule has 1 unspecified atom stereocenters. The zero-order chi connectivity index (χ0) is 21.8. The molecule has 1 aliphatic carbocycles. The van der Waals surface area contributed by atoms with Crippen LogP contribution in [0.2, 0.25) is 0 Å². The highest BCUT2D eigenvalue weighted by Gasteiger charge is 2.33. The summed E-state index contributed by atoms with van der Waals surface area (Å²) in [6, 6.07) is 7.81. The first-order valence-electron chi connectivity index (χ1n) is 10.9. The number of allylic oxidation sites excluding steroid dienone is 2. The average Bonchev–Trinajstić information content (AvgIpc) is 3.17. The molecular weight excluding hydrogens is 394 g/mol. The van der Waals surface area contributed by atoms with Crippen LogP contribution in [0.5, 0.6) is 5.75 Å². The summed E-state index contributed by atoms with van der Waals surface area (Å²) in [5.41, 5.74) is 3.21. The zero-order valence-corrected chi connectivity index (χ0v) is 18.2. The number of nitrogens with zero attached hydrogens (tertiary/aromatic N) is 3. The fourth-order valence-corrected chi connectivity index (χ4v) is 4.35. The van der Waals surface area contributed by atoms with E-state index in [9.17, 15) is 9.59 Å². The largest absolute Gasteiger partial charge is 0.497 e. The maximum Gasteiger partial charge on any atom is 0.359 e. The molecule has 7 nitrogen and oxygen atoms in total. The van der Waals surface area contributed by atoms with Crippen molar-refractivity contribution in [3.63, 3.8) is 0 Å². The van der Waals surface area contributed by atoms with E-state index >= 15 is 0 Å². The summed E-state index contributed by atoms with van der Waals surface area (Å²) in [6.45, 7) is 3.67. The predicted molar refractivity (Wildman–Crippen MR) is 116 cm³/mol. The van der Waals surface area contributed by atoms with E-state index in [0.29, 0.717) is 31.7 Å². The van der Waals surface area contributed by atoms with Crippen LogP contribution >= 0.6 is 0 Å². The van der Waals surface area contributed by atoms with E-state index in [-0.39, 0.29) is 18.4 Å². The van der Waals surface area contributed by atoms with Gasteiger partial charge in [0.1, 0.15) is 5.75 Å². The van der Waals surface area contributed by atoms with Crippen LogP contribution in [-0.4, -0.2) is 46.8 Å². The fraction of sp³-hybridized carbons (Fsp3) is 0.458. The van der Waals surface area contributed by atoms with E-state index in [1.54, 1.807) is 14.0 Å². The number of hydrogen-bond acceptors (Lipinski definition) is 5. The van der Waals surface area contributed by atoms with Gasteiger partial charge in [0, 0.05) is 36.7 Å². The Labute approximate surface area is 182 Å². The average molecular weight is 424 g/mol. The first-order chi connectivity index (χ1) is 15.1. The van der Waals surface area contributed by atoms with Gasteiger partial charge in [0.25, 0.3) is 0 Å². The van der Waals surface area contributed by atoms with E-state index in [1.807, 2.05) is 33.8 Å². The summed E-state index contributed by atoms with van der Waals surface area (Å²) in [5, 5.41) is 4.62. The van der Waals surface area contributed by atoms with Crippen molar-refractivity contribution in [2.75, 3.05) is 20.3 Å². The molecule has 2 heterocycles. The van der Waals surface area contributed by atoms with Crippen LogP contribution in [0, 0.1) is 5.92 Å². The normalized spacial score (nSPS) is 17.9. The van der Waals surface area contributed by atoms with Crippen LogP contribution in [0.4, 0.5) is 0 Å². The second-order valence-electron chi connectivity index (χ2n) is 7.99. The van der Waals surface area contributed by atoms with Crippen molar-refractivity contribution in [2.45, 2.75) is 45.7 Å². The molecule has 0 radical (unpaired) electrons. The van der Waals surface area contributed by atoms with E-state index in [4.69, 9.17) is 9.47 Å². The lowest BCUT2D eigenvalue weighted by molar-refractivity contribution is -0.136. The van der Waals surface area contributed by atoms with E-state index in [2.05, 4.69) is 17.3 Å². The molecule has 1 amide bonds. The van der Waals surface area contributed by atoms with Gasteiger partial charge in [0.15, 0.2) is 5.69 Å². The lowest BCUT2D eigenvalue weighted by atomic mass is 9.92. The molecule has 1 aromatic heterocycles. The molecule has 7 heteroatoms. The Morgan fingerprint density at radius 1 is 1.19 bits per heavy atom. The summed E-state index contributed by atoms with van der Waals surface area (Å²) < 4.78 is 12.4. The van der Waals surface area contributed by atoms with Crippen LogP contribution in [0.1, 0.15) is 53.5 Å². The van der Waals surface area contributed by atoms with E-state index in [0.717, 1.165) is 41.8 Å². The van der Waals surface area contributed by atoms with Gasteiger partial charge in [-0.3, -0.25) is 9.48 Å².